The number of hydrazone groups is 1. The topological polar surface area (TPSA) is 41.5 Å². The summed E-state index contributed by atoms with van der Waals surface area (Å²) in [7, 11) is 0. The molecule has 1 amide bonds. The van der Waals surface area contributed by atoms with Gasteiger partial charge in [0.15, 0.2) is 0 Å². The van der Waals surface area contributed by atoms with Gasteiger partial charge in [-0.25, -0.2) is 5.43 Å². The van der Waals surface area contributed by atoms with Gasteiger partial charge in [-0.15, -0.1) is 11.3 Å². The van der Waals surface area contributed by atoms with Crippen LogP contribution in [0.15, 0.2) is 46.4 Å². The zero-order chi connectivity index (χ0) is 25.5. The quantitative estimate of drug-likeness (QED) is 0.369. The highest BCUT2D eigenvalue weighted by Crippen LogP contribution is 2.66. The lowest BCUT2D eigenvalue weighted by Gasteiger charge is -2.56. The zero-order valence-electron chi connectivity index (χ0n) is 23.1. The second-order valence-electron chi connectivity index (χ2n) is 13.2. The minimum atomic E-state index is -0.107. The van der Waals surface area contributed by atoms with Crippen molar-refractivity contribution in [1.82, 2.24) is 5.43 Å². The van der Waals surface area contributed by atoms with Crippen molar-refractivity contribution < 1.29 is 4.79 Å². The van der Waals surface area contributed by atoms with Crippen LogP contribution in [-0.4, -0.2) is 11.6 Å². The minimum Gasteiger partial charge on any atom is -0.266 e. The Morgan fingerprint density at radius 1 is 1.14 bits per heavy atom. The molecule has 0 saturated heterocycles. The Morgan fingerprint density at radius 2 is 1.97 bits per heavy atom. The Hall–Kier alpha value is -1.68. The smallest absolute Gasteiger partial charge is 0.266 e. The molecule has 0 radical (unpaired) electrons. The van der Waals surface area contributed by atoms with Gasteiger partial charge in [-0.1, -0.05) is 72.1 Å². The lowest BCUT2D eigenvalue weighted by Crippen LogP contribution is -2.49. The summed E-state index contributed by atoms with van der Waals surface area (Å²) >= 11 is 1.45. The van der Waals surface area contributed by atoms with E-state index in [1.807, 2.05) is 17.5 Å². The van der Waals surface area contributed by atoms with Crippen molar-refractivity contribution in [2.45, 2.75) is 92.4 Å². The van der Waals surface area contributed by atoms with Gasteiger partial charge < -0.3 is 0 Å². The van der Waals surface area contributed by atoms with Crippen molar-refractivity contribution in [2.75, 3.05) is 0 Å². The number of nitrogens with zero attached hydrogens (tertiary/aromatic N) is 1. The second kappa shape index (κ2) is 10.2. The monoisotopic (exact) mass is 506 g/mol. The van der Waals surface area contributed by atoms with E-state index in [1.54, 1.807) is 0 Å². The van der Waals surface area contributed by atoms with Crippen molar-refractivity contribution >= 4 is 23.0 Å². The van der Waals surface area contributed by atoms with E-state index in [2.05, 4.69) is 63.4 Å². The van der Waals surface area contributed by atoms with Crippen LogP contribution in [0.5, 0.6) is 0 Å². The summed E-state index contributed by atoms with van der Waals surface area (Å²) in [4.78, 5) is 13.0. The van der Waals surface area contributed by atoms with E-state index < -0.39 is 0 Å². The van der Waals surface area contributed by atoms with E-state index in [9.17, 15) is 4.79 Å². The highest BCUT2D eigenvalue weighted by molar-refractivity contribution is 7.12. The van der Waals surface area contributed by atoms with Gasteiger partial charge >= 0.3 is 0 Å². The highest BCUT2D eigenvalue weighted by atomic mass is 32.1. The van der Waals surface area contributed by atoms with Crippen LogP contribution in [0.3, 0.4) is 0 Å². The number of carbonyl (C=O) groups excluding carboxylic acids is 1. The third-order valence-corrected chi connectivity index (χ3v) is 11.6. The number of thiophene rings is 1. The molecule has 0 spiro atoms. The molecule has 2 saturated carbocycles. The van der Waals surface area contributed by atoms with Crippen LogP contribution < -0.4 is 5.43 Å². The van der Waals surface area contributed by atoms with Gasteiger partial charge in [0, 0.05) is 0 Å². The van der Waals surface area contributed by atoms with Gasteiger partial charge in [0.1, 0.15) is 0 Å². The summed E-state index contributed by atoms with van der Waals surface area (Å²) in [5, 5.41) is 6.43. The molecular weight excluding hydrogens is 460 g/mol. The number of allylic oxidation sites excluding steroid dienone is 4. The number of rotatable bonds is 7. The fraction of sp³-hybridized carbons (Fsp3) is 0.688. The standard InChI is InChI=1S/C32H46N2OS/c1-21(2)8-6-9-22(3)26-13-14-27-25-12-11-23-20-24(33-34-30(35)29-10-7-19-36-29)15-17-31(23,4)28(25)16-18-32(26,27)5/h7,10-12,19-22,25-28H,6,8-9,13-18H2,1-5H3,(H,34,35)/b33-24+/t22-,25+,26-,27+,28+,31+,32-/m1/s1. The van der Waals surface area contributed by atoms with Crippen molar-refractivity contribution in [2.24, 2.45) is 51.4 Å². The van der Waals surface area contributed by atoms with E-state index >= 15 is 0 Å². The molecule has 0 unspecified atom stereocenters. The molecule has 4 heteroatoms. The van der Waals surface area contributed by atoms with Crippen molar-refractivity contribution in [3.05, 3.63) is 46.2 Å². The average molecular weight is 507 g/mol. The normalized spacial score (nSPS) is 37.3. The molecule has 0 aliphatic heterocycles. The van der Waals surface area contributed by atoms with Crippen LogP contribution in [0.1, 0.15) is 102 Å². The lowest BCUT2D eigenvalue weighted by atomic mass is 9.48. The molecule has 1 heterocycles. The Labute approximate surface area is 222 Å². The van der Waals surface area contributed by atoms with E-state index in [4.69, 9.17) is 0 Å². The van der Waals surface area contributed by atoms with Crippen molar-refractivity contribution in [3.63, 3.8) is 0 Å². The van der Waals surface area contributed by atoms with Crippen molar-refractivity contribution in [1.29, 1.82) is 0 Å². The lowest BCUT2D eigenvalue weighted by molar-refractivity contribution is -0.0247. The second-order valence-corrected chi connectivity index (χ2v) is 14.2. The molecule has 0 bridgehead atoms. The third kappa shape index (κ3) is 4.68. The molecule has 7 atom stereocenters. The van der Waals surface area contributed by atoms with Crippen LogP contribution in [-0.2, 0) is 0 Å². The maximum absolute atomic E-state index is 12.3. The van der Waals surface area contributed by atoms with Gasteiger partial charge in [0.25, 0.3) is 5.91 Å². The van der Waals surface area contributed by atoms with Gasteiger partial charge in [-0.3, -0.25) is 4.79 Å². The first-order valence-electron chi connectivity index (χ1n) is 14.5. The van der Waals surface area contributed by atoms with Crippen molar-refractivity contribution in [3.8, 4) is 0 Å². The van der Waals surface area contributed by atoms with Gasteiger partial charge in [-0.2, -0.15) is 5.10 Å². The van der Waals surface area contributed by atoms with E-state index in [-0.39, 0.29) is 11.3 Å². The molecule has 5 rings (SSSR count). The zero-order valence-corrected chi connectivity index (χ0v) is 23.9. The molecule has 1 aromatic heterocycles. The van der Waals surface area contributed by atoms with Crippen LogP contribution in [0.4, 0.5) is 0 Å². The van der Waals surface area contributed by atoms with Crippen LogP contribution in [0.2, 0.25) is 0 Å². The molecule has 1 aromatic rings. The Kier molecular flexibility index (Phi) is 7.38. The summed E-state index contributed by atoms with van der Waals surface area (Å²) in [5.41, 5.74) is 5.96. The molecule has 4 aliphatic carbocycles. The molecular formula is C32H46N2OS. The molecule has 4 aliphatic rings. The maximum Gasteiger partial charge on any atom is 0.281 e. The third-order valence-electron chi connectivity index (χ3n) is 10.8. The number of nitrogens with one attached hydrogen (secondary N) is 1. The molecule has 3 nitrogen and oxygen atoms in total. The maximum atomic E-state index is 12.3. The van der Waals surface area contributed by atoms with E-state index in [1.165, 1.54) is 61.9 Å². The first-order chi connectivity index (χ1) is 17.2. The number of fused-ring (bicyclic) bond motifs is 5. The number of carbonyl (C=O) groups is 1. The molecule has 0 aromatic carbocycles. The summed E-state index contributed by atoms with van der Waals surface area (Å²) in [6.45, 7) is 12.5. The predicted molar refractivity (Wildman–Crippen MR) is 152 cm³/mol. The first-order valence-corrected chi connectivity index (χ1v) is 15.4. The Bertz CT molecular complexity index is 1040. The van der Waals surface area contributed by atoms with Crippen LogP contribution in [0, 0.1) is 46.3 Å². The largest absolute Gasteiger partial charge is 0.281 e. The minimum absolute atomic E-state index is 0.107. The molecule has 36 heavy (non-hydrogen) atoms. The Morgan fingerprint density at radius 3 is 2.72 bits per heavy atom. The summed E-state index contributed by atoms with van der Waals surface area (Å²) in [6, 6.07) is 3.75. The fourth-order valence-corrected chi connectivity index (χ4v) is 9.32. The molecule has 1 N–H and O–H groups in total. The van der Waals surface area contributed by atoms with E-state index in [0.717, 1.165) is 54.1 Å². The first kappa shape index (κ1) is 25.9. The van der Waals surface area contributed by atoms with E-state index in [0.29, 0.717) is 10.3 Å². The predicted octanol–water partition coefficient (Wildman–Crippen LogP) is 8.65. The number of hydrogen-bond acceptors (Lipinski definition) is 3. The number of amides is 1. The van der Waals surface area contributed by atoms with Crippen LogP contribution >= 0.6 is 11.3 Å². The van der Waals surface area contributed by atoms with Gasteiger partial charge in [0.05, 0.1) is 10.6 Å². The Balaban J connectivity index is 1.30. The fourth-order valence-electron chi connectivity index (χ4n) is 8.71. The highest BCUT2D eigenvalue weighted by Gasteiger charge is 2.58. The molecule has 196 valence electrons. The van der Waals surface area contributed by atoms with Gasteiger partial charge in [-0.05, 0) is 108 Å². The average Bonchev–Trinajstić information content (AvgIpc) is 3.50. The summed E-state index contributed by atoms with van der Waals surface area (Å²) < 4.78 is 0. The summed E-state index contributed by atoms with van der Waals surface area (Å²) in [6.07, 6.45) is 19.1. The molecule has 2 fully saturated rings. The summed E-state index contributed by atoms with van der Waals surface area (Å²) in [5.74, 6) is 4.76. The van der Waals surface area contributed by atoms with Crippen LogP contribution in [0.25, 0.3) is 0 Å². The number of hydrogen-bond donors (Lipinski definition) is 1. The van der Waals surface area contributed by atoms with Gasteiger partial charge in [0.2, 0.25) is 0 Å². The SMILES string of the molecule is CC(C)CCC[C@@H](C)[C@H]1CC[C@H]2[C@@H]3C=CC4=C/C(=N/NC(=O)c5cccs5)CC[C@]4(C)[C@H]3CC[C@]12C.